The molecule has 0 radical (unpaired) electrons. The van der Waals surface area contributed by atoms with Crippen LogP contribution in [0.5, 0.6) is 0 Å². The summed E-state index contributed by atoms with van der Waals surface area (Å²) in [7, 11) is 0. The molecule has 1 aliphatic rings. The number of cyclic esters (lactones) is 1. The number of amides is 2. The van der Waals surface area contributed by atoms with Crippen molar-refractivity contribution in [1.29, 1.82) is 0 Å². The van der Waals surface area contributed by atoms with Crippen molar-refractivity contribution in [2.75, 3.05) is 6.61 Å². The van der Waals surface area contributed by atoms with Gasteiger partial charge < -0.3 is 18.9 Å². The second-order valence-corrected chi connectivity index (χ2v) is 10.5. The van der Waals surface area contributed by atoms with Crippen LogP contribution in [-0.2, 0) is 23.7 Å². The molecular formula is C23H41NO7. The minimum Gasteiger partial charge on any atom is -0.458 e. The predicted octanol–water partition coefficient (Wildman–Crippen LogP) is 5.07. The normalized spacial score (nSPS) is 23.3. The number of nitrogens with zero attached hydrogens (tertiary/aromatic N) is 1. The molecule has 31 heavy (non-hydrogen) atoms. The van der Waals surface area contributed by atoms with Crippen LogP contribution in [0.1, 0.15) is 88.0 Å². The maximum atomic E-state index is 13.1. The highest BCUT2D eigenvalue weighted by Crippen LogP contribution is 2.24. The molecule has 8 heteroatoms. The van der Waals surface area contributed by atoms with E-state index in [2.05, 4.69) is 13.8 Å². The Morgan fingerprint density at radius 1 is 1.00 bits per heavy atom. The summed E-state index contributed by atoms with van der Waals surface area (Å²) in [6.07, 6.45) is -0.209. The molecule has 0 bridgehead atoms. The van der Waals surface area contributed by atoms with Gasteiger partial charge >= 0.3 is 18.2 Å². The summed E-state index contributed by atoms with van der Waals surface area (Å²) in [5.74, 6) is -0.303. The zero-order chi connectivity index (χ0) is 24.0. The number of imide groups is 1. The summed E-state index contributed by atoms with van der Waals surface area (Å²) in [5, 5.41) is 0. The Kier molecular flexibility index (Phi) is 9.79. The van der Waals surface area contributed by atoms with Crippen LogP contribution >= 0.6 is 0 Å². The number of rotatable bonds is 4. The first kappa shape index (κ1) is 27.2. The van der Waals surface area contributed by atoms with E-state index in [4.69, 9.17) is 18.9 Å². The summed E-state index contributed by atoms with van der Waals surface area (Å²) in [6, 6.07) is -1.13. The van der Waals surface area contributed by atoms with Gasteiger partial charge in [-0.2, -0.15) is 4.90 Å². The number of esters is 1. The third-order valence-corrected chi connectivity index (χ3v) is 4.45. The van der Waals surface area contributed by atoms with E-state index in [9.17, 15) is 14.4 Å². The van der Waals surface area contributed by atoms with Gasteiger partial charge in [-0.3, -0.25) is 0 Å². The first-order valence-corrected chi connectivity index (χ1v) is 11.2. The SMILES string of the molecule is CC(C)CO[C@@H]1CCCC[C@H](N(C(=O)OC(C)(C)C)C(=O)OC(C)(C)C)C(=O)O[C@H]1C. The molecule has 1 fully saturated rings. The van der Waals surface area contributed by atoms with Gasteiger partial charge in [0, 0.05) is 6.61 Å². The second-order valence-electron chi connectivity index (χ2n) is 10.5. The monoisotopic (exact) mass is 443 g/mol. The van der Waals surface area contributed by atoms with Crippen molar-refractivity contribution in [1.82, 2.24) is 4.90 Å². The Labute approximate surface area is 186 Å². The Morgan fingerprint density at radius 3 is 1.94 bits per heavy atom. The summed E-state index contributed by atoms with van der Waals surface area (Å²) in [6.45, 7) is 16.6. The zero-order valence-electron chi connectivity index (χ0n) is 20.6. The van der Waals surface area contributed by atoms with Crippen LogP contribution in [0, 0.1) is 5.92 Å². The van der Waals surface area contributed by atoms with Gasteiger partial charge in [0.2, 0.25) is 0 Å². The van der Waals surface area contributed by atoms with Crippen molar-refractivity contribution in [2.45, 2.75) is 117 Å². The molecule has 1 heterocycles. The van der Waals surface area contributed by atoms with E-state index in [-0.39, 0.29) is 12.5 Å². The van der Waals surface area contributed by atoms with Crippen LogP contribution in [0.4, 0.5) is 9.59 Å². The maximum absolute atomic E-state index is 13.1. The van der Waals surface area contributed by atoms with Crippen LogP contribution < -0.4 is 0 Å². The third kappa shape index (κ3) is 9.89. The van der Waals surface area contributed by atoms with Crippen molar-refractivity contribution in [2.24, 2.45) is 5.92 Å². The number of carbonyl (C=O) groups excluding carboxylic acids is 3. The van der Waals surface area contributed by atoms with Crippen molar-refractivity contribution < 1.29 is 33.3 Å². The largest absolute Gasteiger partial charge is 0.458 e. The van der Waals surface area contributed by atoms with Gasteiger partial charge in [-0.1, -0.05) is 26.7 Å². The fourth-order valence-electron chi connectivity index (χ4n) is 3.09. The average Bonchev–Trinajstić information content (AvgIpc) is 2.61. The first-order chi connectivity index (χ1) is 14.1. The molecule has 0 aromatic rings. The van der Waals surface area contributed by atoms with E-state index in [1.807, 2.05) is 0 Å². The van der Waals surface area contributed by atoms with Gasteiger partial charge in [-0.15, -0.1) is 0 Å². The lowest BCUT2D eigenvalue weighted by molar-refractivity contribution is -0.162. The van der Waals surface area contributed by atoms with Crippen LogP contribution in [0.2, 0.25) is 0 Å². The molecule has 0 saturated carbocycles. The second kappa shape index (κ2) is 11.2. The lowest BCUT2D eigenvalue weighted by Crippen LogP contribution is -2.53. The number of hydrogen-bond acceptors (Lipinski definition) is 7. The van der Waals surface area contributed by atoms with Crippen molar-refractivity contribution in [3.63, 3.8) is 0 Å². The lowest BCUT2D eigenvalue weighted by atomic mass is 10.0. The molecule has 1 saturated heterocycles. The molecule has 0 unspecified atom stereocenters. The number of ether oxygens (including phenoxy) is 4. The molecule has 1 aliphatic heterocycles. The van der Waals surface area contributed by atoms with Crippen LogP contribution in [0.3, 0.4) is 0 Å². The van der Waals surface area contributed by atoms with Gasteiger partial charge in [-0.05, 0) is 67.2 Å². The fraction of sp³-hybridized carbons (Fsp3) is 0.870. The minimum atomic E-state index is -1.13. The van der Waals surface area contributed by atoms with Crippen molar-refractivity contribution >= 4 is 18.2 Å². The van der Waals surface area contributed by atoms with E-state index in [0.29, 0.717) is 18.9 Å². The van der Waals surface area contributed by atoms with E-state index >= 15 is 0 Å². The molecule has 0 N–H and O–H groups in total. The number of carbonyl (C=O) groups is 3. The average molecular weight is 444 g/mol. The lowest BCUT2D eigenvalue weighted by Gasteiger charge is -2.33. The van der Waals surface area contributed by atoms with Crippen LogP contribution in [0.25, 0.3) is 0 Å². The van der Waals surface area contributed by atoms with Crippen LogP contribution in [0.15, 0.2) is 0 Å². The molecule has 0 aliphatic carbocycles. The van der Waals surface area contributed by atoms with Gasteiger partial charge in [0.1, 0.15) is 23.3 Å². The minimum absolute atomic E-state index is 0.235. The summed E-state index contributed by atoms with van der Waals surface area (Å²) in [4.78, 5) is 39.6. The zero-order valence-corrected chi connectivity index (χ0v) is 20.6. The molecule has 2 amide bonds. The predicted molar refractivity (Wildman–Crippen MR) is 117 cm³/mol. The maximum Gasteiger partial charge on any atom is 0.420 e. The molecular weight excluding hydrogens is 402 g/mol. The standard InChI is InChI=1S/C23H41NO7/c1-15(2)14-28-18-13-11-10-12-17(19(25)29-16(18)3)24(20(26)30-22(4,5)6)21(27)31-23(7,8)9/h15-18H,10-14H2,1-9H3/t16-,17-,18+/m0/s1. The van der Waals surface area contributed by atoms with Crippen molar-refractivity contribution in [3.05, 3.63) is 0 Å². The third-order valence-electron chi connectivity index (χ3n) is 4.45. The van der Waals surface area contributed by atoms with E-state index in [0.717, 1.165) is 17.7 Å². The molecule has 8 nitrogen and oxygen atoms in total. The summed E-state index contributed by atoms with van der Waals surface area (Å²) in [5.41, 5.74) is -1.69. The fourth-order valence-corrected chi connectivity index (χ4v) is 3.09. The first-order valence-electron chi connectivity index (χ1n) is 11.2. The smallest absolute Gasteiger partial charge is 0.420 e. The topological polar surface area (TPSA) is 91.4 Å². The molecule has 0 aromatic carbocycles. The highest BCUT2D eigenvalue weighted by Gasteiger charge is 2.42. The highest BCUT2D eigenvalue weighted by atomic mass is 16.6. The van der Waals surface area contributed by atoms with Gasteiger partial charge in [0.15, 0.2) is 0 Å². The Morgan fingerprint density at radius 2 is 1.48 bits per heavy atom. The molecule has 180 valence electrons. The quantitative estimate of drug-likeness (QED) is 0.442. The Balaban J connectivity index is 3.13. The number of hydrogen-bond donors (Lipinski definition) is 0. The van der Waals surface area contributed by atoms with Crippen LogP contribution in [-0.4, -0.2) is 59.1 Å². The highest BCUT2D eigenvalue weighted by molar-refractivity contribution is 5.94. The molecule has 0 spiro atoms. The molecule has 3 atom stereocenters. The van der Waals surface area contributed by atoms with Gasteiger partial charge in [0.25, 0.3) is 0 Å². The Bertz CT molecular complexity index is 590. The van der Waals surface area contributed by atoms with Crippen molar-refractivity contribution in [3.8, 4) is 0 Å². The molecule has 1 rings (SSSR count). The Hall–Kier alpha value is -1.83. The van der Waals surface area contributed by atoms with E-state index in [1.54, 1.807) is 48.5 Å². The van der Waals surface area contributed by atoms with E-state index < -0.39 is 41.5 Å². The van der Waals surface area contributed by atoms with Gasteiger partial charge in [0.05, 0.1) is 6.10 Å². The molecule has 0 aromatic heterocycles. The van der Waals surface area contributed by atoms with E-state index in [1.165, 1.54) is 0 Å². The van der Waals surface area contributed by atoms with Gasteiger partial charge in [-0.25, -0.2) is 14.4 Å². The summed E-state index contributed by atoms with van der Waals surface area (Å²) >= 11 is 0. The summed E-state index contributed by atoms with van der Waals surface area (Å²) < 4.78 is 22.4.